The first kappa shape index (κ1) is 16.4. The Morgan fingerprint density at radius 3 is 2.41 bits per heavy atom. The second-order valence-corrected chi connectivity index (χ2v) is 5.23. The Kier molecular flexibility index (Phi) is 8.23. The predicted octanol–water partition coefficient (Wildman–Crippen LogP) is 3.26. The summed E-state index contributed by atoms with van der Waals surface area (Å²) in [7, 11) is 1.44. The highest BCUT2D eigenvalue weighted by atomic mass is 16.5. The number of methoxy groups -OCH3 is 1. The molecule has 3 nitrogen and oxygen atoms in total. The second-order valence-electron chi connectivity index (χ2n) is 5.23. The zero-order valence-corrected chi connectivity index (χ0v) is 11.9. The quantitative estimate of drug-likeness (QED) is 0.499. The molecular weight excluding hydrogens is 214 g/mol. The van der Waals surface area contributed by atoms with Crippen molar-refractivity contribution < 1.29 is 9.53 Å². The third kappa shape index (κ3) is 6.06. The summed E-state index contributed by atoms with van der Waals surface area (Å²) >= 11 is 0. The maximum absolute atomic E-state index is 11.5. The van der Waals surface area contributed by atoms with Gasteiger partial charge in [-0.1, -0.05) is 46.5 Å². The molecule has 0 aliphatic heterocycles. The van der Waals surface area contributed by atoms with Crippen LogP contribution in [0.1, 0.15) is 65.7 Å². The average Bonchev–Trinajstić information content (AvgIpc) is 2.33. The average molecular weight is 243 g/mol. The fraction of sp³-hybridized carbons (Fsp3) is 0.929. The molecule has 0 spiro atoms. The van der Waals surface area contributed by atoms with Gasteiger partial charge in [-0.05, 0) is 18.3 Å². The number of carbonyl (C=O) groups excluding carboxylic acids is 1. The standard InChI is InChI=1S/C14H29NO2/c1-5-7-8-9-10-14(3,12(15)6-2)11-13(16)17-4/h12H,5-11,15H2,1-4H3. The van der Waals surface area contributed by atoms with Crippen molar-refractivity contribution in [3.63, 3.8) is 0 Å². The minimum absolute atomic E-state index is 0.0724. The van der Waals surface area contributed by atoms with Gasteiger partial charge in [0.05, 0.1) is 13.5 Å². The molecule has 3 heteroatoms. The molecule has 2 N–H and O–H groups in total. The van der Waals surface area contributed by atoms with Crippen molar-refractivity contribution in [3.05, 3.63) is 0 Å². The number of unbranched alkanes of at least 4 members (excludes halogenated alkanes) is 3. The van der Waals surface area contributed by atoms with Crippen molar-refractivity contribution in [1.29, 1.82) is 0 Å². The molecule has 0 saturated carbocycles. The highest BCUT2D eigenvalue weighted by Gasteiger charge is 2.33. The summed E-state index contributed by atoms with van der Waals surface area (Å²) in [5.41, 5.74) is 6.05. The molecule has 0 heterocycles. The third-order valence-corrected chi connectivity index (χ3v) is 3.71. The number of esters is 1. The fourth-order valence-corrected chi connectivity index (χ4v) is 2.26. The summed E-state index contributed by atoms with van der Waals surface area (Å²) in [4.78, 5) is 11.5. The molecule has 0 radical (unpaired) electrons. The van der Waals surface area contributed by atoms with Gasteiger partial charge in [0, 0.05) is 6.04 Å². The van der Waals surface area contributed by atoms with E-state index in [0.29, 0.717) is 6.42 Å². The van der Waals surface area contributed by atoms with E-state index >= 15 is 0 Å². The number of carbonyl (C=O) groups is 1. The van der Waals surface area contributed by atoms with Crippen LogP contribution in [0.25, 0.3) is 0 Å². The minimum Gasteiger partial charge on any atom is -0.469 e. The van der Waals surface area contributed by atoms with E-state index in [-0.39, 0.29) is 17.4 Å². The van der Waals surface area contributed by atoms with E-state index in [1.807, 2.05) is 0 Å². The van der Waals surface area contributed by atoms with Crippen LogP contribution in [0.15, 0.2) is 0 Å². The van der Waals surface area contributed by atoms with Gasteiger partial charge in [-0.15, -0.1) is 0 Å². The Bertz CT molecular complexity index is 218. The molecule has 0 saturated heterocycles. The fourth-order valence-electron chi connectivity index (χ4n) is 2.26. The third-order valence-electron chi connectivity index (χ3n) is 3.71. The molecule has 0 aliphatic carbocycles. The second kappa shape index (κ2) is 8.51. The number of hydrogen-bond donors (Lipinski definition) is 1. The highest BCUT2D eigenvalue weighted by Crippen LogP contribution is 2.33. The molecule has 0 aliphatic rings. The monoisotopic (exact) mass is 243 g/mol. The Morgan fingerprint density at radius 1 is 1.29 bits per heavy atom. The van der Waals surface area contributed by atoms with Gasteiger partial charge in [-0.3, -0.25) is 4.79 Å². The van der Waals surface area contributed by atoms with Gasteiger partial charge in [-0.2, -0.15) is 0 Å². The lowest BCUT2D eigenvalue weighted by atomic mass is 9.74. The summed E-state index contributed by atoms with van der Waals surface area (Å²) < 4.78 is 4.77. The van der Waals surface area contributed by atoms with E-state index in [1.165, 1.54) is 26.4 Å². The molecule has 17 heavy (non-hydrogen) atoms. The molecule has 0 fully saturated rings. The van der Waals surface area contributed by atoms with Crippen LogP contribution in [0, 0.1) is 5.41 Å². The topological polar surface area (TPSA) is 52.3 Å². The van der Waals surface area contributed by atoms with Crippen LogP contribution in [0.4, 0.5) is 0 Å². The van der Waals surface area contributed by atoms with Crippen molar-refractivity contribution in [2.45, 2.75) is 71.8 Å². The van der Waals surface area contributed by atoms with Gasteiger partial charge in [0.2, 0.25) is 0 Å². The number of nitrogens with two attached hydrogens (primary N) is 1. The van der Waals surface area contributed by atoms with Crippen molar-refractivity contribution in [2.75, 3.05) is 7.11 Å². The first-order valence-electron chi connectivity index (χ1n) is 6.82. The van der Waals surface area contributed by atoms with E-state index in [9.17, 15) is 4.79 Å². The summed E-state index contributed by atoms with van der Waals surface area (Å²) in [5.74, 6) is -0.146. The number of ether oxygens (including phenoxy) is 1. The zero-order valence-electron chi connectivity index (χ0n) is 11.9. The van der Waals surface area contributed by atoms with Crippen LogP contribution < -0.4 is 5.73 Å². The molecule has 0 rings (SSSR count). The van der Waals surface area contributed by atoms with Crippen LogP contribution in [-0.4, -0.2) is 19.1 Å². The maximum atomic E-state index is 11.5. The van der Waals surface area contributed by atoms with Crippen LogP contribution in [-0.2, 0) is 9.53 Å². The van der Waals surface area contributed by atoms with Gasteiger partial charge >= 0.3 is 5.97 Å². The number of hydrogen-bond acceptors (Lipinski definition) is 3. The summed E-state index contributed by atoms with van der Waals surface area (Å²) in [6, 6.07) is 0.0724. The van der Waals surface area contributed by atoms with Gasteiger partial charge < -0.3 is 10.5 Å². The van der Waals surface area contributed by atoms with E-state index in [1.54, 1.807) is 0 Å². The van der Waals surface area contributed by atoms with Crippen LogP contribution in [0.2, 0.25) is 0 Å². The first-order valence-corrected chi connectivity index (χ1v) is 6.82. The van der Waals surface area contributed by atoms with Gasteiger partial charge in [0.25, 0.3) is 0 Å². The van der Waals surface area contributed by atoms with Crippen LogP contribution in [0.5, 0.6) is 0 Å². The lowest BCUT2D eigenvalue weighted by Crippen LogP contribution is -2.41. The normalized spacial score (nSPS) is 16.3. The molecule has 0 aromatic heterocycles. The van der Waals surface area contributed by atoms with Gasteiger partial charge in [0.15, 0.2) is 0 Å². The van der Waals surface area contributed by atoms with Crippen LogP contribution >= 0.6 is 0 Å². The lowest BCUT2D eigenvalue weighted by Gasteiger charge is -2.34. The highest BCUT2D eigenvalue weighted by molar-refractivity contribution is 5.70. The SMILES string of the molecule is CCCCCCC(C)(CC(=O)OC)C(N)CC. The van der Waals surface area contributed by atoms with Crippen molar-refractivity contribution in [2.24, 2.45) is 11.1 Å². The Hall–Kier alpha value is -0.570. The molecule has 2 unspecified atom stereocenters. The summed E-state index contributed by atoms with van der Waals surface area (Å²) in [5, 5.41) is 0. The first-order chi connectivity index (χ1) is 8.00. The Morgan fingerprint density at radius 2 is 1.94 bits per heavy atom. The number of rotatable bonds is 9. The van der Waals surface area contributed by atoms with E-state index in [0.717, 1.165) is 19.3 Å². The van der Waals surface area contributed by atoms with E-state index in [4.69, 9.17) is 10.5 Å². The maximum Gasteiger partial charge on any atom is 0.306 e. The van der Waals surface area contributed by atoms with Gasteiger partial charge in [-0.25, -0.2) is 0 Å². The van der Waals surface area contributed by atoms with E-state index in [2.05, 4.69) is 20.8 Å². The van der Waals surface area contributed by atoms with Crippen molar-refractivity contribution in [3.8, 4) is 0 Å². The predicted molar refractivity (Wildman–Crippen MR) is 71.8 cm³/mol. The zero-order chi connectivity index (χ0) is 13.3. The largest absolute Gasteiger partial charge is 0.469 e. The van der Waals surface area contributed by atoms with Crippen molar-refractivity contribution in [1.82, 2.24) is 0 Å². The molecule has 102 valence electrons. The molecule has 0 aromatic rings. The van der Waals surface area contributed by atoms with Crippen LogP contribution in [0.3, 0.4) is 0 Å². The summed E-state index contributed by atoms with van der Waals surface area (Å²) in [6.45, 7) is 6.39. The molecule has 0 amide bonds. The molecule has 2 atom stereocenters. The minimum atomic E-state index is -0.146. The smallest absolute Gasteiger partial charge is 0.306 e. The molecular formula is C14H29NO2. The summed E-state index contributed by atoms with van der Waals surface area (Å²) in [6.07, 6.45) is 7.21. The molecule has 0 bridgehead atoms. The van der Waals surface area contributed by atoms with Gasteiger partial charge in [0.1, 0.15) is 0 Å². The lowest BCUT2D eigenvalue weighted by molar-refractivity contribution is -0.143. The Labute approximate surface area is 106 Å². The Balaban J connectivity index is 4.34. The van der Waals surface area contributed by atoms with E-state index < -0.39 is 0 Å². The van der Waals surface area contributed by atoms with Crippen molar-refractivity contribution >= 4 is 5.97 Å². The molecule has 0 aromatic carbocycles.